The summed E-state index contributed by atoms with van der Waals surface area (Å²) in [5, 5.41) is 4.50. The molecule has 0 aliphatic carbocycles. The molecule has 16 heavy (non-hydrogen) atoms. The average Bonchev–Trinajstić information content (AvgIpc) is 2.61. The molecule has 1 aromatic heterocycles. The van der Waals surface area contributed by atoms with Crippen LogP contribution in [0.2, 0.25) is 0 Å². The summed E-state index contributed by atoms with van der Waals surface area (Å²) in [5.74, 6) is 0.372. The van der Waals surface area contributed by atoms with Crippen LogP contribution in [0.4, 0.5) is 5.69 Å². The average molecular weight is 215 g/mol. The van der Waals surface area contributed by atoms with E-state index in [1.165, 1.54) is 5.56 Å². The lowest BCUT2D eigenvalue weighted by Gasteiger charge is -2.02. The summed E-state index contributed by atoms with van der Waals surface area (Å²) >= 11 is 0. The summed E-state index contributed by atoms with van der Waals surface area (Å²) < 4.78 is 1.90. The fourth-order valence-corrected chi connectivity index (χ4v) is 1.75. The number of nitrogen functional groups attached to an aromatic ring is 1. The van der Waals surface area contributed by atoms with Crippen molar-refractivity contribution in [2.45, 2.75) is 26.3 Å². The lowest BCUT2D eigenvalue weighted by molar-refractivity contribution is 0.657. The minimum absolute atomic E-state index is 0.372. The van der Waals surface area contributed by atoms with Gasteiger partial charge in [0.15, 0.2) is 0 Å². The Morgan fingerprint density at radius 1 is 1.25 bits per heavy atom. The summed E-state index contributed by atoms with van der Waals surface area (Å²) in [5.41, 5.74) is 8.91. The summed E-state index contributed by atoms with van der Waals surface area (Å²) in [6, 6.07) is 10.3. The molecular weight excluding hydrogens is 198 g/mol. The van der Waals surface area contributed by atoms with Gasteiger partial charge < -0.3 is 5.73 Å². The van der Waals surface area contributed by atoms with Crippen molar-refractivity contribution in [2.75, 3.05) is 5.73 Å². The first kappa shape index (κ1) is 10.7. The second kappa shape index (κ2) is 4.39. The molecule has 0 bridgehead atoms. The van der Waals surface area contributed by atoms with E-state index >= 15 is 0 Å². The van der Waals surface area contributed by atoms with E-state index in [4.69, 9.17) is 5.73 Å². The maximum atomic E-state index is 5.91. The molecule has 0 radical (unpaired) electrons. The van der Waals surface area contributed by atoms with Crippen molar-refractivity contribution < 1.29 is 0 Å². The topological polar surface area (TPSA) is 43.8 Å². The highest BCUT2D eigenvalue weighted by Gasteiger charge is 2.09. The van der Waals surface area contributed by atoms with E-state index < -0.39 is 0 Å². The van der Waals surface area contributed by atoms with Crippen molar-refractivity contribution in [1.29, 1.82) is 0 Å². The molecule has 2 N–H and O–H groups in total. The highest BCUT2D eigenvalue weighted by molar-refractivity contribution is 5.42. The smallest absolute Gasteiger partial charge is 0.0879 e. The van der Waals surface area contributed by atoms with Crippen molar-refractivity contribution >= 4 is 5.69 Å². The standard InChI is InChI=1S/C13H17N3/c1-10(2)13-12(14)9-16(15-13)8-11-6-4-3-5-7-11/h3-7,9-10H,8,14H2,1-2H3. The molecule has 3 heteroatoms. The van der Waals surface area contributed by atoms with Gasteiger partial charge in [0.25, 0.3) is 0 Å². The molecular formula is C13H17N3. The number of benzene rings is 1. The molecule has 1 aromatic carbocycles. The molecule has 2 aromatic rings. The predicted molar refractivity (Wildman–Crippen MR) is 66.3 cm³/mol. The number of rotatable bonds is 3. The lowest BCUT2D eigenvalue weighted by Crippen LogP contribution is -2.01. The van der Waals surface area contributed by atoms with E-state index in [1.807, 2.05) is 29.1 Å². The maximum absolute atomic E-state index is 5.91. The first-order chi connectivity index (χ1) is 7.66. The Morgan fingerprint density at radius 2 is 1.94 bits per heavy atom. The van der Waals surface area contributed by atoms with Crippen molar-refractivity contribution in [3.63, 3.8) is 0 Å². The lowest BCUT2D eigenvalue weighted by atomic mass is 10.1. The van der Waals surface area contributed by atoms with Crippen LogP contribution in [-0.2, 0) is 6.54 Å². The van der Waals surface area contributed by atoms with Crippen molar-refractivity contribution in [2.24, 2.45) is 0 Å². The normalized spacial score (nSPS) is 10.9. The van der Waals surface area contributed by atoms with Crippen molar-refractivity contribution in [3.05, 3.63) is 47.8 Å². The van der Waals surface area contributed by atoms with Gasteiger partial charge in [-0.15, -0.1) is 0 Å². The molecule has 0 atom stereocenters. The Kier molecular flexibility index (Phi) is 2.95. The van der Waals surface area contributed by atoms with Gasteiger partial charge in [0.1, 0.15) is 0 Å². The molecule has 0 aliphatic rings. The summed E-state index contributed by atoms with van der Waals surface area (Å²) in [6.45, 7) is 4.98. The Labute approximate surface area is 95.9 Å². The minimum Gasteiger partial charge on any atom is -0.396 e. The van der Waals surface area contributed by atoms with Gasteiger partial charge in [-0.05, 0) is 11.5 Å². The van der Waals surface area contributed by atoms with Gasteiger partial charge in [-0.1, -0.05) is 44.2 Å². The predicted octanol–water partition coefficient (Wildman–Crippen LogP) is 2.64. The Bertz CT molecular complexity index is 457. The van der Waals surface area contributed by atoms with Crippen LogP contribution in [0.25, 0.3) is 0 Å². The molecule has 0 saturated carbocycles. The Hall–Kier alpha value is -1.77. The number of aromatic nitrogens is 2. The van der Waals surface area contributed by atoms with E-state index in [-0.39, 0.29) is 0 Å². The Balaban J connectivity index is 2.20. The highest BCUT2D eigenvalue weighted by atomic mass is 15.3. The molecule has 1 heterocycles. The van der Waals surface area contributed by atoms with Crippen LogP contribution in [0.1, 0.15) is 31.0 Å². The molecule has 0 spiro atoms. The van der Waals surface area contributed by atoms with E-state index in [9.17, 15) is 0 Å². The fraction of sp³-hybridized carbons (Fsp3) is 0.308. The molecule has 3 nitrogen and oxygen atoms in total. The summed E-state index contributed by atoms with van der Waals surface area (Å²) in [6.07, 6.45) is 1.91. The van der Waals surface area contributed by atoms with Crippen LogP contribution in [-0.4, -0.2) is 9.78 Å². The maximum Gasteiger partial charge on any atom is 0.0879 e. The number of hydrogen-bond acceptors (Lipinski definition) is 2. The quantitative estimate of drug-likeness (QED) is 0.855. The number of hydrogen-bond donors (Lipinski definition) is 1. The third-order valence-electron chi connectivity index (χ3n) is 2.55. The van der Waals surface area contributed by atoms with Crippen LogP contribution < -0.4 is 5.73 Å². The first-order valence-corrected chi connectivity index (χ1v) is 5.53. The number of nitrogens with zero attached hydrogens (tertiary/aromatic N) is 2. The van der Waals surface area contributed by atoms with Crippen LogP contribution in [0.15, 0.2) is 36.5 Å². The van der Waals surface area contributed by atoms with Crippen LogP contribution in [0.5, 0.6) is 0 Å². The molecule has 0 unspecified atom stereocenters. The summed E-state index contributed by atoms with van der Waals surface area (Å²) in [7, 11) is 0. The van der Waals surface area contributed by atoms with Crippen LogP contribution in [0, 0.1) is 0 Å². The second-order valence-corrected chi connectivity index (χ2v) is 4.31. The van der Waals surface area contributed by atoms with Gasteiger partial charge in [0, 0.05) is 6.20 Å². The molecule has 0 amide bonds. The van der Waals surface area contributed by atoms with Crippen molar-refractivity contribution in [1.82, 2.24) is 9.78 Å². The zero-order valence-electron chi connectivity index (χ0n) is 9.72. The zero-order valence-corrected chi connectivity index (χ0v) is 9.72. The third-order valence-corrected chi connectivity index (χ3v) is 2.55. The third kappa shape index (κ3) is 2.24. The van der Waals surface area contributed by atoms with E-state index in [2.05, 4.69) is 31.1 Å². The SMILES string of the molecule is CC(C)c1nn(Cc2ccccc2)cc1N. The van der Waals surface area contributed by atoms with Gasteiger partial charge in [0.2, 0.25) is 0 Å². The summed E-state index contributed by atoms with van der Waals surface area (Å²) in [4.78, 5) is 0. The Morgan fingerprint density at radius 3 is 2.50 bits per heavy atom. The first-order valence-electron chi connectivity index (χ1n) is 5.53. The van der Waals surface area contributed by atoms with Crippen LogP contribution in [0.3, 0.4) is 0 Å². The monoisotopic (exact) mass is 215 g/mol. The largest absolute Gasteiger partial charge is 0.396 e. The molecule has 0 saturated heterocycles. The van der Waals surface area contributed by atoms with Gasteiger partial charge in [0.05, 0.1) is 17.9 Å². The minimum atomic E-state index is 0.372. The van der Waals surface area contributed by atoms with E-state index in [1.54, 1.807) is 0 Å². The van der Waals surface area contributed by atoms with Gasteiger partial charge in [-0.2, -0.15) is 5.10 Å². The van der Waals surface area contributed by atoms with Crippen molar-refractivity contribution in [3.8, 4) is 0 Å². The molecule has 84 valence electrons. The molecule has 0 fully saturated rings. The van der Waals surface area contributed by atoms with E-state index in [0.717, 1.165) is 17.9 Å². The van der Waals surface area contributed by atoms with Gasteiger partial charge in [-0.3, -0.25) is 4.68 Å². The second-order valence-electron chi connectivity index (χ2n) is 4.31. The number of anilines is 1. The molecule has 0 aliphatic heterocycles. The molecule has 2 rings (SSSR count). The van der Waals surface area contributed by atoms with Gasteiger partial charge in [-0.25, -0.2) is 0 Å². The highest BCUT2D eigenvalue weighted by Crippen LogP contribution is 2.19. The van der Waals surface area contributed by atoms with Crippen LogP contribution >= 0.6 is 0 Å². The fourth-order valence-electron chi connectivity index (χ4n) is 1.75. The van der Waals surface area contributed by atoms with Gasteiger partial charge >= 0.3 is 0 Å². The van der Waals surface area contributed by atoms with E-state index in [0.29, 0.717) is 5.92 Å². The zero-order chi connectivity index (χ0) is 11.5. The number of nitrogens with two attached hydrogens (primary N) is 1.